The zero-order chi connectivity index (χ0) is 10.0. The van der Waals surface area contributed by atoms with Gasteiger partial charge in [0.05, 0.1) is 6.04 Å². The van der Waals surface area contributed by atoms with Gasteiger partial charge in [-0.25, -0.2) is 0 Å². The summed E-state index contributed by atoms with van der Waals surface area (Å²) in [6.45, 7) is 7.87. The number of hydrogen-bond acceptors (Lipinski definition) is 3. The molecule has 13 heavy (non-hydrogen) atoms. The minimum Gasteiger partial charge on any atom is -0.376 e. The van der Waals surface area contributed by atoms with Gasteiger partial charge in [-0.15, -0.1) is 0 Å². The fourth-order valence-electron chi connectivity index (χ4n) is 1.34. The summed E-state index contributed by atoms with van der Waals surface area (Å²) in [4.78, 5) is 11.5. The smallest absolute Gasteiger partial charge is 0.243 e. The van der Waals surface area contributed by atoms with Gasteiger partial charge in [-0.3, -0.25) is 4.79 Å². The Morgan fingerprint density at radius 1 is 1.54 bits per heavy atom. The normalized spacial score (nSPS) is 28.6. The fourth-order valence-corrected chi connectivity index (χ4v) is 1.65. The van der Waals surface area contributed by atoms with Gasteiger partial charge >= 0.3 is 0 Å². The van der Waals surface area contributed by atoms with Crippen LogP contribution in [-0.4, -0.2) is 23.7 Å². The molecule has 1 fully saturated rings. The first-order valence-electron chi connectivity index (χ1n) is 4.42. The molecule has 2 atom stereocenters. The van der Waals surface area contributed by atoms with Crippen molar-refractivity contribution < 1.29 is 4.79 Å². The second-order valence-electron chi connectivity index (χ2n) is 3.64. The number of carbonyl (C=O) groups is 1. The second-order valence-corrected chi connectivity index (χ2v) is 4.00. The predicted octanol–water partition coefficient (Wildman–Crippen LogP) is 0.542. The summed E-state index contributed by atoms with van der Waals surface area (Å²) in [6, 6.07) is -0.186. The van der Waals surface area contributed by atoms with Crippen LogP contribution >= 0.6 is 12.6 Å². The van der Waals surface area contributed by atoms with Gasteiger partial charge in [-0.2, -0.15) is 12.6 Å². The molecule has 0 aromatic carbocycles. The van der Waals surface area contributed by atoms with Crippen molar-refractivity contribution in [2.75, 3.05) is 5.75 Å². The molecule has 1 rings (SSSR count). The van der Waals surface area contributed by atoms with Crippen molar-refractivity contribution in [1.29, 1.82) is 0 Å². The number of hydrogen-bond donors (Lipinski definition) is 3. The quantitative estimate of drug-likeness (QED) is 0.570. The van der Waals surface area contributed by atoms with Crippen LogP contribution in [0.1, 0.15) is 13.8 Å². The molecule has 0 aliphatic carbocycles. The maximum atomic E-state index is 11.5. The van der Waals surface area contributed by atoms with Gasteiger partial charge in [0.25, 0.3) is 0 Å². The molecule has 2 N–H and O–H groups in total. The van der Waals surface area contributed by atoms with Crippen LogP contribution in [-0.2, 0) is 4.79 Å². The van der Waals surface area contributed by atoms with Gasteiger partial charge in [0.1, 0.15) is 6.04 Å². The second kappa shape index (κ2) is 4.05. The lowest BCUT2D eigenvalue weighted by Gasteiger charge is -2.34. The van der Waals surface area contributed by atoms with E-state index in [1.807, 2.05) is 13.8 Å². The molecule has 0 aromatic heterocycles. The molecule has 4 heteroatoms. The minimum atomic E-state index is -0.149. The number of thiol groups is 1. The molecule has 0 unspecified atom stereocenters. The van der Waals surface area contributed by atoms with Gasteiger partial charge in [0.15, 0.2) is 0 Å². The molecule has 1 aliphatic rings. The van der Waals surface area contributed by atoms with E-state index in [2.05, 4.69) is 29.8 Å². The average Bonchev–Trinajstić information content (AvgIpc) is 2.07. The number of amides is 1. The highest BCUT2D eigenvalue weighted by Crippen LogP contribution is 2.12. The highest BCUT2D eigenvalue weighted by atomic mass is 32.1. The molecule has 0 radical (unpaired) electrons. The van der Waals surface area contributed by atoms with Crippen molar-refractivity contribution in [3.63, 3.8) is 0 Å². The van der Waals surface area contributed by atoms with E-state index >= 15 is 0 Å². The summed E-state index contributed by atoms with van der Waals surface area (Å²) >= 11 is 4.13. The van der Waals surface area contributed by atoms with E-state index in [9.17, 15) is 4.79 Å². The first-order valence-corrected chi connectivity index (χ1v) is 5.06. The van der Waals surface area contributed by atoms with E-state index in [1.54, 1.807) is 0 Å². The monoisotopic (exact) mass is 200 g/mol. The zero-order valence-corrected chi connectivity index (χ0v) is 8.90. The molecule has 1 saturated heterocycles. The third-order valence-electron chi connectivity index (χ3n) is 2.21. The molecular formula is C9H16N2OS. The molecule has 3 nitrogen and oxygen atoms in total. The van der Waals surface area contributed by atoms with Crippen LogP contribution in [0.3, 0.4) is 0 Å². The Kier molecular flexibility index (Phi) is 3.25. The largest absolute Gasteiger partial charge is 0.376 e. The van der Waals surface area contributed by atoms with E-state index in [0.29, 0.717) is 5.75 Å². The third kappa shape index (κ3) is 2.18. The van der Waals surface area contributed by atoms with Crippen LogP contribution in [0.25, 0.3) is 0 Å². The lowest BCUT2D eigenvalue weighted by Crippen LogP contribution is -2.58. The van der Waals surface area contributed by atoms with Crippen molar-refractivity contribution in [2.24, 2.45) is 5.92 Å². The maximum absolute atomic E-state index is 11.5. The maximum Gasteiger partial charge on any atom is 0.243 e. The summed E-state index contributed by atoms with van der Waals surface area (Å²) in [5, 5.41) is 5.98. The molecule has 0 aromatic rings. The molecule has 0 saturated carbocycles. The fraction of sp³-hybridized carbons (Fsp3) is 0.667. The van der Waals surface area contributed by atoms with E-state index in [4.69, 9.17) is 0 Å². The summed E-state index contributed by atoms with van der Waals surface area (Å²) in [7, 11) is 0. The van der Waals surface area contributed by atoms with E-state index < -0.39 is 0 Å². The highest BCUT2D eigenvalue weighted by Gasteiger charge is 2.30. The standard InChI is InChI=1S/C9H16N2OS/c1-5(2)8-9(12)11-7(4-13)6(3)10-8/h5,7-8,10,13H,3-4H2,1-2H3,(H,11,12)/t7-,8+/m0/s1. The van der Waals surface area contributed by atoms with Crippen molar-refractivity contribution in [3.8, 4) is 0 Å². The Hall–Kier alpha value is -0.640. The summed E-state index contributed by atoms with van der Waals surface area (Å²) in [6.07, 6.45) is 0. The van der Waals surface area contributed by atoms with Gasteiger partial charge < -0.3 is 10.6 Å². The van der Waals surface area contributed by atoms with Crippen LogP contribution in [0.2, 0.25) is 0 Å². The Labute approximate surface area is 84.4 Å². The van der Waals surface area contributed by atoms with Crippen LogP contribution < -0.4 is 10.6 Å². The number of piperazine rings is 1. The molecule has 1 heterocycles. The van der Waals surface area contributed by atoms with Gasteiger partial charge in [0, 0.05) is 11.4 Å². The lowest BCUT2D eigenvalue weighted by atomic mass is 9.99. The summed E-state index contributed by atoms with van der Waals surface area (Å²) < 4.78 is 0. The molecule has 1 aliphatic heterocycles. The molecule has 74 valence electrons. The van der Waals surface area contributed by atoms with Crippen LogP contribution in [0, 0.1) is 5.92 Å². The third-order valence-corrected chi connectivity index (χ3v) is 2.57. The molecule has 1 amide bonds. The Morgan fingerprint density at radius 2 is 2.15 bits per heavy atom. The lowest BCUT2D eigenvalue weighted by molar-refractivity contribution is -0.125. The first kappa shape index (κ1) is 10.4. The van der Waals surface area contributed by atoms with Crippen molar-refractivity contribution >= 4 is 18.5 Å². The SMILES string of the molecule is C=C1N[C@H](C(C)C)C(=O)N[C@H]1CS. The minimum absolute atomic E-state index is 0.0363. The van der Waals surface area contributed by atoms with E-state index in [-0.39, 0.29) is 23.9 Å². The Balaban J connectivity index is 2.67. The van der Waals surface area contributed by atoms with Crippen LogP contribution in [0.4, 0.5) is 0 Å². The summed E-state index contributed by atoms with van der Waals surface area (Å²) in [5.74, 6) is 0.904. The highest BCUT2D eigenvalue weighted by molar-refractivity contribution is 7.80. The van der Waals surface area contributed by atoms with Gasteiger partial charge in [-0.05, 0) is 5.92 Å². The van der Waals surface area contributed by atoms with Gasteiger partial charge in [0.2, 0.25) is 5.91 Å². The number of nitrogens with one attached hydrogen (secondary N) is 2. The topological polar surface area (TPSA) is 41.1 Å². The number of carbonyl (C=O) groups excluding carboxylic acids is 1. The summed E-state index contributed by atoms with van der Waals surface area (Å²) in [5.41, 5.74) is 0.855. The molecular weight excluding hydrogens is 184 g/mol. The van der Waals surface area contributed by atoms with Crippen molar-refractivity contribution in [2.45, 2.75) is 25.9 Å². The van der Waals surface area contributed by atoms with Gasteiger partial charge in [-0.1, -0.05) is 20.4 Å². The first-order chi connectivity index (χ1) is 6.06. The zero-order valence-electron chi connectivity index (χ0n) is 8.00. The Morgan fingerprint density at radius 3 is 2.62 bits per heavy atom. The van der Waals surface area contributed by atoms with E-state index in [1.165, 1.54) is 0 Å². The average molecular weight is 200 g/mol. The molecule has 0 spiro atoms. The van der Waals surface area contributed by atoms with Crippen molar-refractivity contribution in [1.82, 2.24) is 10.6 Å². The van der Waals surface area contributed by atoms with Crippen LogP contribution in [0.5, 0.6) is 0 Å². The Bertz CT molecular complexity index is 228. The molecule has 0 bridgehead atoms. The van der Waals surface area contributed by atoms with E-state index in [0.717, 1.165) is 5.70 Å². The van der Waals surface area contributed by atoms with Crippen molar-refractivity contribution in [3.05, 3.63) is 12.3 Å². The van der Waals surface area contributed by atoms with Crippen LogP contribution in [0.15, 0.2) is 12.3 Å². The predicted molar refractivity (Wildman–Crippen MR) is 56.7 cm³/mol. The number of rotatable bonds is 2.